The van der Waals surface area contributed by atoms with Gasteiger partial charge in [-0.1, -0.05) is 29.3 Å². The van der Waals surface area contributed by atoms with Crippen LogP contribution in [0.4, 0.5) is 0 Å². The number of aliphatic hydroxyl groups excluding tert-OH is 1. The SMILES string of the molecule is Cc1nn(-c2ccc(CO)c(Cl)c2)cc1Cl. The summed E-state index contributed by atoms with van der Waals surface area (Å²) >= 11 is 11.9. The Balaban J connectivity index is 2.45. The largest absolute Gasteiger partial charge is 0.392 e. The van der Waals surface area contributed by atoms with Crippen LogP contribution in [0.1, 0.15) is 11.3 Å². The van der Waals surface area contributed by atoms with E-state index in [9.17, 15) is 0 Å². The summed E-state index contributed by atoms with van der Waals surface area (Å²) in [5.74, 6) is 0. The summed E-state index contributed by atoms with van der Waals surface area (Å²) in [6, 6.07) is 5.35. The summed E-state index contributed by atoms with van der Waals surface area (Å²) in [6.45, 7) is 1.76. The predicted molar refractivity (Wildman–Crippen MR) is 64.2 cm³/mol. The van der Waals surface area contributed by atoms with Crippen molar-refractivity contribution >= 4 is 23.2 Å². The molecule has 0 spiro atoms. The maximum absolute atomic E-state index is 9.00. The molecule has 84 valence electrons. The first kappa shape index (κ1) is 11.5. The molecule has 1 aromatic heterocycles. The van der Waals surface area contributed by atoms with Gasteiger partial charge in [0.2, 0.25) is 0 Å². The third kappa shape index (κ3) is 2.07. The van der Waals surface area contributed by atoms with Gasteiger partial charge in [-0.3, -0.25) is 0 Å². The van der Waals surface area contributed by atoms with Crippen LogP contribution < -0.4 is 0 Å². The summed E-state index contributed by atoms with van der Waals surface area (Å²) < 4.78 is 1.66. The minimum absolute atomic E-state index is 0.0714. The topological polar surface area (TPSA) is 38.0 Å². The minimum atomic E-state index is -0.0714. The molecule has 1 aromatic carbocycles. The molecule has 0 aliphatic heterocycles. The van der Waals surface area contributed by atoms with Gasteiger partial charge in [-0.2, -0.15) is 5.10 Å². The number of aryl methyl sites for hydroxylation is 1. The van der Waals surface area contributed by atoms with Crippen LogP contribution in [-0.2, 0) is 6.61 Å². The number of hydrogen-bond donors (Lipinski definition) is 1. The van der Waals surface area contributed by atoms with Crippen molar-refractivity contribution in [2.24, 2.45) is 0 Å². The number of aromatic nitrogens is 2. The van der Waals surface area contributed by atoms with Crippen molar-refractivity contribution in [1.29, 1.82) is 0 Å². The first-order chi connectivity index (χ1) is 7.61. The lowest BCUT2D eigenvalue weighted by Crippen LogP contribution is -1.96. The van der Waals surface area contributed by atoms with Gasteiger partial charge in [0, 0.05) is 11.2 Å². The Bertz CT molecular complexity index is 503. The third-order valence-electron chi connectivity index (χ3n) is 2.31. The van der Waals surface area contributed by atoms with Gasteiger partial charge in [0.15, 0.2) is 0 Å². The quantitative estimate of drug-likeness (QED) is 0.898. The molecular weight excluding hydrogens is 247 g/mol. The lowest BCUT2D eigenvalue weighted by atomic mass is 10.2. The molecule has 2 rings (SSSR count). The maximum atomic E-state index is 9.00. The van der Waals surface area contributed by atoms with Crippen LogP contribution in [0.15, 0.2) is 24.4 Å². The monoisotopic (exact) mass is 256 g/mol. The molecule has 0 saturated carbocycles. The van der Waals surface area contributed by atoms with Crippen molar-refractivity contribution in [2.45, 2.75) is 13.5 Å². The Morgan fingerprint density at radius 3 is 2.56 bits per heavy atom. The molecule has 0 amide bonds. The number of benzene rings is 1. The van der Waals surface area contributed by atoms with Crippen LogP contribution in [-0.4, -0.2) is 14.9 Å². The van der Waals surface area contributed by atoms with Crippen molar-refractivity contribution in [1.82, 2.24) is 9.78 Å². The fourth-order valence-corrected chi connectivity index (χ4v) is 1.74. The van der Waals surface area contributed by atoms with Crippen LogP contribution >= 0.6 is 23.2 Å². The highest BCUT2D eigenvalue weighted by Gasteiger charge is 2.06. The molecule has 0 radical (unpaired) electrons. The van der Waals surface area contributed by atoms with E-state index >= 15 is 0 Å². The summed E-state index contributed by atoms with van der Waals surface area (Å²) in [6.07, 6.45) is 1.72. The van der Waals surface area contributed by atoms with E-state index in [2.05, 4.69) is 5.10 Å². The average Bonchev–Trinajstić information content (AvgIpc) is 2.59. The van der Waals surface area contributed by atoms with Crippen molar-refractivity contribution in [3.05, 3.63) is 45.7 Å². The molecule has 0 aliphatic carbocycles. The molecule has 0 fully saturated rings. The smallest absolute Gasteiger partial charge is 0.0819 e. The van der Waals surface area contributed by atoms with Crippen LogP contribution in [0.25, 0.3) is 5.69 Å². The lowest BCUT2D eigenvalue weighted by Gasteiger charge is -2.04. The second-order valence-corrected chi connectivity index (χ2v) is 4.26. The zero-order valence-electron chi connectivity index (χ0n) is 8.61. The van der Waals surface area contributed by atoms with E-state index in [0.29, 0.717) is 15.6 Å². The zero-order valence-corrected chi connectivity index (χ0v) is 10.1. The molecule has 0 aliphatic rings. The van der Waals surface area contributed by atoms with Crippen LogP contribution in [0.3, 0.4) is 0 Å². The average molecular weight is 257 g/mol. The van der Waals surface area contributed by atoms with Crippen molar-refractivity contribution in [3.8, 4) is 5.69 Å². The highest BCUT2D eigenvalue weighted by atomic mass is 35.5. The standard InChI is InChI=1S/C11H10Cl2N2O/c1-7-11(13)5-15(14-7)9-3-2-8(6-16)10(12)4-9/h2-5,16H,6H2,1H3. The van der Waals surface area contributed by atoms with Crippen molar-refractivity contribution < 1.29 is 5.11 Å². The fourth-order valence-electron chi connectivity index (χ4n) is 1.38. The second kappa shape index (κ2) is 4.45. The van der Waals surface area contributed by atoms with Crippen LogP contribution in [0.2, 0.25) is 10.0 Å². The number of halogens is 2. The fraction of sp³-hybridized carbons (Fsp3) is 0.182. The van der Waals surface area contributed by atoms with Crippen LogP contribution in [0, 0.1) is 6.92 Å². The Morgan fingerprint density at radius 1 is 1.31 bits per heavy atom. The van der Waals surface area contributed by atoms with Gasteiger partial charge in [-0.25, -0.2) is 4.68 Å². The molecule has 5 heteroatoms. The van der Waals surface area contributed by atoms with Crippen molar-refractivity contribution in [2.75, 3.05) is 0 Å². The molecule has 1 heterocycles. The van der Waals surface area contributed by atoms with E-state index in [1.54, 1.807) is 23.0 Å². The molecule has 2 aromatic rings. The Labute approximate surface area is 103 Å². The molecule has 1 N–H and O–H groups in total. The van der Waals surface area contributed by atoms with Crippen LogP contribution in [0.5, 0.6) is 0 Å². The van der Waals surface area contributed by atoms with Gasteiger partial charge in [0.25, 0.3) is 0 Å². The number of aliphatic hydroxyl groups is 1. The summed E-state index contributed by atoms with van der Waals surface area (Å²) in [5.41, 5.74) is 2.28. The Kier molecular flexibility index (Phi) is 3.19. The second-order valence-electron chi connectivity index (χ2n) is 3.44. The van der Waals surface area contributed by atoms with Gasteiger partial charge in [-0.15, -0.1) is 0 Å². The number of rotatable bonds is 2. The third-order valence-corrected chi connectivity index (χ3v) is 3.03. The van der Waals surface area contributed by atoms with E-state index in [1.807, 2.05) is 13.0 Å². The number of nitrogens with zero attached hydrogens (tertiary/aromatic N) is 2. The Hall–Kier alpha value is -1.03. The first-order valence-electron chi connectivity index (χ1n) is 4.73. The van der Waals surface area contributed by atoms with E-state index in [4.69, 9.17) is 28.3 Å². The summed E-state index contributed by atoms with van der Waals surface area (Å²) in [5, 5.41) is 14.4. The summed E-state index contributed by atoms with van der Waals surface area (Å²) in [4.78, 5) is 0. The molecule has 3 nitrogen and oxygen atoms in total. The lowest BCUT2D eigenvalue weighted by molar-refractivity contribution is 0.282. The molecular formula is C11H10Cl2N2O. The van der Waals surface area contributed by atoms with Gasteiger partial charge in [0.1, 0.15) is 0 Å². The molecule has 0 bridgehead atoms. The minimum Gasteiger partial charge on any atom is -0.392 e. The molecule has 0 unspecified atom stereocenters. The predicted octanol–water partition coefficient (Wildman–Crippen LogP) is 2.98. The molecule has 0 saturated heterocycles. The van der Waals surface area contributed by atoms with Gasteiger partial charge < -0.3 is 5.11 Å². The van der Waals surface area contributed by atoms with Gasteiger partial charge >= 0.3 is 0 Å². The van der Waals surface area contributed by atoms with Crippen molar-refractivity contribution in [3.63, 3.8) is 0 Å². The highest BCUT2D eigenvalue weighted by Crippen LogP contribution is 2.22. The zero-order chi connectivity index (χ0) is 11.7. The molecule has 16 heavy (non-hydrogen) atoms. The Morgan fingerprint density at radius 2 is 2.06 bits per heavy atom. The maximum Gasteiger partial charge on any atom is 0.0819 e. The normalized spacial score (nSPS) is 10.8. The van der Waals surface area contributed by atoms with E-state index in [0.717, 1.165) is 11.4 Å². The number of hydrogen-bond acceptors (Lipinski definition) is 2. The van der Waals surface area contributed by atoms with Gasteiger partial charge in [0.05, 0.1) is 23.0 Å². The highest BCUT2D eigenvalue weighted by molar-refractivity contribution is 6.31. The van der Waals surface area contributed by atoms with Gasteiger partial charge in [-0.05, 0) is 24.6 Å². The summed E-state index contributed by atoms with van der Waals surface area (Å²) in [7, 11) is 0. The first-order valence-corrected chi connectivity index (χ1v) is 5.49. The van der Waals surface area contributed by atoms with E-state index < -0.39 is 0 Å². The van der Waals surface area contributed by atoms with E-state index in [-0.39, 0.29) is 6.61 Å². The molecule has 0 atom stereocenters. The van der Waals surface area contributed by atoms with E-state index in [1.165, 1.54) is 0 Å².